The van der Waals surface area contributed by atoms with Crippen LogP contribution in [0.4, 0.5) is 8.78 Å². The number of nitrogens with two attached hydrogens (primary N) is 1. The Morgan fingerprint density at radius 2 is 2.05 bits per heavy atom. The number of likely N-dealkylation sites (tertiary alicyclic amines) is 1. The Morgan fingerprint density at radius 3 is 2.68 bits per heavy atom. The van der Waals surface area contributed by atoms with Crippen LogP contribution in [-0.2, 0) is 0 Å². The van der Waals surface area contributed by atoms with Gasteiger partial charge in [0.25, 0.3) is 0 Å². The molecule has 0 bridgehead atoms. The van der Waals surface area contributed by atoms with Crippen LogP contribution in [-0.4, -0.2) is 24.0 Å². The molecular weight excluding hydrogens is 246 g/mol. The first-order valence-corrected chi connectivity index (χ1v) is 6.95. The smallest absolute Gasteiger partial charge is 0.159 e. The summed E-state index contributed by atoms with van der Waals surface area (Å²) in [5.41, 5.74) is 6.64. The lowest BCUT2D eigenvalue weighted by molar-refractivity contribution is 0.0708. The molecule has 3 unspecified atom stereocenters. The maximum Gasteiger partial charge on any atom is 0.159 e. The average molecular weight is 268 g/mol. The van der Waals surface area contributed by atoms with Gasteiger partial charge in [-0.05, 0) is 49.9 Å². The van der Waals surface area contributed by atoms with Gasteiger partial charge in [0.05, 0.1) is 0 Å². The summed E-state index contributed by atoms with van der Waals surface area (Å²) < 4.78 is 26.4. The summed E-state index contributed by atoms with van der Waals surface area (Å²) in [6.07, 6.45) is 2.35. The van der Waals surface area contributed by atoms with Crippen LogP contribution >= 0.6 is 0 Å². The highest BCUT2D eigenvalue weighted by Crippen LogP contribution is 2.31. The molecule has 2 N–H and O–H groups in total. The quantitative estimate of drug-likeness (QED) is 0.912. The highest BCUT2D eigenvalue weighted by molar-refractivity contribution is 5.22. The number of benzene rings is 1. The van der Waals surface area contributed by atoms with Crippen LogP contribution in [0.1, 0.15) is 38.3 Å². The second-order valence-electron chi connectivity index (χ2n) is 5.52. The first kappa shape index (κ1) is 14.4. The maximum absolute atomic E-state index is 13.4. The number of hydrogen-bond acceptors (Lipinski definition) is 2. The molecule has 3 atom stereocenters. The number of rotatable bonds is 3. The van der Waals surface area contributed by atoms with E-state index in [1.807, 2.05) is 0 Å². The Labute approximate surface area is 113 Å². The van der Waals surface area contributed by atoms with Crippen molar-refractivity contribution in [2.75, 3.05) is 13.1 Å². The first-order valence-electron chi connectivity index (χ1n) is 6.95. The van der Waals surface area contributed by atoms with E-state index in [2.05, 4.69) is 18.7 Å². The third-order valence-corrected chi connectivity index (χ3v) is 4.37. The van der Waals surface area contributed by atoms with Gasteiger partial charge in [-0.3, -0.25) is 4.90 Å². The first-order chi connectivity index (χ1) is 9.04. The zero-order valence-electron chi connectivity index (χ0n) is 11.6. The highest BCUT2D eigenvalue weighted by Gasteiger charge is 2.30. The minimum Gasteiger partial charge on any atom is -0.329 e. The Kier molecular flexibility index (Phi) is 4.53. The van der Waals surface area contributed by atoms with Gasteiger partial charge in [0.1, 0.15) is 0 Å². The largest absolute Gasteiger partial charge is 0.329 e. The van der Waals surface area contributed by atoms with Crippen molar-refractivity contribution in [2.45, 2.75) is 38.8 Å². The van der Waals surface area contributed by atoms with Gasteiger partial charge < -0.3 is 5.73 Å². The number of halogens is 2. The molecule has 0 saturated carbocycles. The molecule has 0 radical (unpaired) electrons. The van der Waals surface area contributed by atoms with Gasteiger partial charge >= 0.3 is 0 Å². The predicted molar refractivity (Wildman–Crippen MR) is 72.7 cm³/mol. The molecule has 1 aromatic carbocycles. The number of piperidine rings is 1. The normalized spacial score (nSPS) is 26.4. The molecule has 0 aromatic heterocycles. The fraction of sp³-hybridized carbons (Fsp3) is 0.600. The summed E-state index contributed by atoms with van der Waals surface area (Å²) in [6.45, 7) is 5.80. The Bertz CT molecular complexity index is 436. The second-order valence-corrected chi connectivity index (χ2v) is 5.52. The third-order valence-electron chi connectivity index (χ3n) is 4.37. The molecular formula is C15H22F2N2. The van der Waals surface area contributed by atoms with Crippen molar-refractivity contribution in [2.24, 2.45) is 11.7 Å². The van der Waals surface area contributed by atoms with Gasteiger partial charge in [0.2, 0.25) is 0 Å². The predicted octanol–water partition coefficient (Wildman–Crippen LogP) is 3.09. The molecule has 106 valence electrons. The summed E-state index contributed by atoms with van der Waals surface area (Å²) in [5.74, 6) is -0.999. The van der Waals surface area contributed by atoms with Crippen molar-refractivity contribution in [1.29, 1.82) is 0 Å². The van der Waals surface area contributed by atoms with Gasteiger partial charge in [0.15, 0.2) is 11.6 Å². The van der Waals surface area contributed by atoms with Crippen LogP contribution < -0.4 is 5.73 Å². The molecule has 4 heteroatoms. The molecule has 0 amide bonds. The van der Waals surface area contributed by atoms with Crippen LogP contribution in [0.3, 0.4) is 0 Å². The Morgan fingerprint density at radius 1 is 1.32 bits per heavy atom. The molecule has 2 rings (SSSR count). The van der Waals surface area contributed by atoms with Gasteiger partial charge in [0, 0.05) is 18.6 Å². The van der Waals surface area contributed by atoms with Crippen LogP contribution in [0.2, 0.25) is 0 Å². The minimum absolute atomic E-state index is 0.0344. The van der Waals surface area contributed by atoms with E-state index >= 15 is 0 Å². The molecule has 1 aliphatic heterocycles. The molecule has 1 saturated heterocycles. The average Bonchev–Trinajstić information content (AvgIpc) is 2.39. The summed E-state index contributed by atoms with van der Waals surface area (Å²) in [6, 6.07) is 4.48. The molecule has 1 heterocycles. The highest BCUT2D eigenvalue weighted by atomic mass is 19.2. The van der Waals surface area contributed by atoms with Crippen molar-refractivity contribution in [1.82, 2.24) is 4.90 Å². The van der Waals surface area contributed by atoms with Gasteiger partial charge in [-0.15, -0.1) is 0 Å². The van der Waals surface area contributed by atoms with Gasteiger partial charge in [-0.25, -0.2) is 8.78 Å². The van der Waals surface area contributed by atoms with Crippen molar-refractivity contribution < 1.29 is 8.78 Å². The van der Waals surface area contributed by atoms with E-state index < -0.39 is 11.6 Å². The van der Waals surface area contributed by atoms with E-state index in [-0.39, 0.29) is 6.04 Å². The summed E-state index contributed by atoms with van der Waals surface area (Å²) in [4.78, 5) is 2.32. The van der Waals surface area contributed by atoms with Crippen molar-refractivity contribution in [3.63, 3.8) is 0 Å². The van der Waals surface area contributed by atoms with Crippen LogP contribution in [0.5, 0.6) is 0 Å². The summed E-state index contributed by atoms with van der Waals surface area (Å²) in [5, 5.41) is 0. The fourth-order valence-electron chi connectivity index (χ4n) is 2.99. The van der Waals surface area contributed by atoms with E-state index in [1.54, 1.807) is 6.07 Å². The molecule has 1 aromatic rings. The molecule has 0 spiro atoms. The summed E-state index contributed by atoms with van der Waals surface area (Å²) >= 11 is 0. The zero-order valence-corrected chi connectivity index (χ0v) is 11.6. The topological polar surface area (TPSA) is 29.3 Å². The maximum atomic E-state index is 13.4. The van der Waals surface area contributed by atoms with E-state index in [9.17, 15) is 8.78 Å². The number of hydrogen-bond donors (Lipinski definition) is 1. The summed E-state index contributed by atoms with van der Waals surface area (Å²) in [7, 11) is 0. The second kappa shape index (κ2) is 5.97. The molecule has 0 aliphatic carbocycles. The van der Waals surface area contributed by atoms with Crippen molar-refractivity contribution in [3.05, 3.63) is 35.4 Å². The zero-order chi connectivity index (χ0) is 14.0. The lowest BCUT2D eigenvalue weighted by Crippen LogP contribution is -2.46. The lowest BCUT2D eigenvalue weighted by Gasteiger charge is -2.42. The van der Waals surface area contributed by atoms with Crippen LogP contribution in [0.15, 0.2) is 18.2 Å². The SMILES string of the molecule is CC1CCCN(C(CN)c2ccc(F)c(F)c2)C1C. The fourth-order valence-corrected chi connectivity index (χ4v) is 2.99. The van der Waals surface area contributed by atoms with E-state index in [0.717, 1.165) is 18.5 Å². The van der Waals surface area contributed by atoms with Crippen molar-refractivity contribution >= 4 is 0 Å². The van der Waals surface area contributed by atoms with E-state index in [4.69, 9.17) is 5.73 Å². The van der Waals surface area contributed by atoms with Crippen LogP contribution in [0, 0.1) is 17.6 Å². The van der Waals surface area contributed by atoms with Crippen molar-refractivity contribution in [3.8, 4) is 0 Å². The van der Waals surface area contributed by atoms with Crippen LogP contribution in [0.25, 0.3) is 0 Å². The third kappa shape index (κ3) is 2.95. The molecule has 2 nitrogen and oxygen atoms in total. The minimum atomic E-state index is -0.806. The van der Waals surface area contributed by atoms with E-state index in [1.165, 1.54) is 18.6 Å². The van der Waals surface area contributed by atoms with Gasteiger partial charge in [-0.2, -0.15) is 0 Å². The van der Waals surface area contributed by atoms with Gasteiger partial charge in [-0.1, -0.05) is 13.0 Å². The molecule has 19 heavy (non-hydrogen) atoms. The van der Waals surface area contributed by atoms with E-state index in [0.29, 0.717) is 18.5 Å². The molecule has 1 aliphatic rings. The standard InChI is InChI=1S/C15H22F2N2/c1-10-4-3-7-19(11(10)2)15(9-18)12-5-6-13(16)14(17)8-12/h5-6,8,10-11,15H,3-4,7,9,18H2,1-2H3. The Hall–Kier alpha value is -1.00. The molecule has 1 fully saturated rings. The lowest BCUT2D eigenvalue weighted by atomic mass is 9.89. The number of nitrogens with zero attached hydrogens (tertiary/aromatic N) is 1. The monoisotopic (exact) mass is 268 g/mol. The Balaban J connectivity index is 2.25.